The molecule has 0 unspecified atom stereocenters. The van der Waals surface area contributed by atoms with Gasteiger partial charge in [-0.1, -0.05) is 0 Å². The van der Waals surface area contributed by atoms with E-state index in [-0.39, 0.29) is 5.91 Å². The van der Waals surface area contributed by atoms with E-state index in [0.717, 1.165) is 21.8 Å². The lowest BCUT2D eigenvalue weighted by Gasteiger charge is -2.08. The highest BCUT2D eigenvalue weighted by Gasteiger charge is 2.21. The molecular weight excluding hydrogens is 352 g/mol. The van der Waals surface area contributed by atoms with E-state index < -0.39 is 5.97 Å². The second-order valence-corrected chi connectivity index (χ2v) is 7.26. The van der Waals surface area contributed by atoms with Gasteiger partial charge in [0.25, 0.3) is 0 Å². The van der Waals surface area contributed by atoms with Crippen LogP contribution in [0.2, 0.25) is 0 Å². The number of anilines is 2. The number of methoxy groups -OCH3 is 1. The van der Waals surface area contributed by atoms with Crippen molar-refractivity contribution in [2.45, 2.75) is 40.5 Å². The number of carbonyl (C=O) groups is 2. The van der Waals surface area contributed by atoms with Gasteiger partial charge < -0.3 is 15.4 Å². The van der Waals surface area contributed by atoms with Gasteiger partial charge in [-0.15, -0.1) is 11.3 Å². The van der Waals surface area contributed by atoms with E-state index in [4.69, 9.17) is 4.74 Å². The summed E-state index contributed by atoms with van der Waals surface area (Å²) in [6.45, 7) is 8.18. The quantitative estimate of drug-likeness (QED) is 0.568. The number of nitrogens with zero attached hydrogens (tertiary/aromatic N) is 2. The zero-order chi connectivity index (χ0) is 19.3. The Morgan fingerprint density at radius 1 is 1.15 bits per heavy atom. The Balaban J connectivity index is 1.88. The van der Waals surface area contributed by atoms with Crippen LogP contribution in [-0.4, -0.2) is 35.5 Å². The zero-order valence-corrected chi connectivity index (χ0v) is 16.5. The van der Waals surface area contributed by atoms with Gasteiger partial charge in [-0.25, -0.2) is 14.8 Å². The van der Waals surface area contributed by atoms with Crippen LogP contribution in [0.3, 0.4) is 0 Å². The topological polar surface area (TPSA) is 93.2 Å². The summed E-state index contributed by atoms with van der Waals surface area (Å²) in [6, 6.07) is 1.91. The molecule has 0 saturated heterocycles. The molecule has 26 heavy (non-hydrogen) atoms. The number of ether oxygens (including phenoxy) is 1. The molecule has 0 atom stereocenters. The first kappa shape index (κ1) is 19.8. The van der Waals surface area contributed by atoms with Crippen molar-refractivity contribution in [3.63, 3.8) is 0 Å². The summed E-state index contributed by atoms with van der Waals surface area (Å²) >= 11 is 1.38. The van der Waals surface area contributed by atoms with Crippen molar-refractivity contribution < 1.29 is 14.3 Å². The fourth-order valence-electron chi connectivity index (χ4n) is 2.51. The van der Waals surface area contributed by atoms with Gasteiger partial charge in [0.1, 0.15) is 5.00 Å². The molecule has 2 rings (SSSR count). The van der Waals surface area contributed by atoms with Gasteiger partial charge >= 0.3 is 5.97 Å². The summed E-state index contributed by atoms with van der Waals surface area (Å²) in [7, 11) is 1.33. The highest BCUT2D eigenvalue weighted by atomic mass is 32.1. The molecule has 2 aromatic heterocycles. The number of hydrogen-bond acceptors (Lipinski definition) is 7. The van der Waals surface area contributed by atoms with E-state index in [0.29, 0.717) is 35.9 Å². The van der Waals surface area contributed by atoms with Crippen molar-refractivity contribution >= 4 is 34.2 Å². The van der Waals surface area contributed by atoms with Crippen LogP contribution in [0.15, 0.2) is 6.07 Å². The van der Waals surface area contributed by atoms with Crippen molar-refractivity contribution in [2.75, 3.05) is 24.3 Å². The fraction of sp³-hybridized carbons (Fsp3) is 0.444. The molecule has 2 aromatic rings. The molecule has 2 heterocycles. The van der Waals surface area contributed by atoms with Crippen molar-refractivity contribution in [1.82, 2.24) is 9.97 Å². The van der Waals surface area contributed by atoms with Crippen LogP contribution >= 0.6 is 11.3 Å². The number of rotatable bonds is 7. The Hall–Kier alpha value is -2.48. The maximum Gasteiger partial charge on any atom is 0.341 e. The molecular formula is C18H24N4O3S. The van der Waals surface area contributed by atoms with Crippen LogP contribution in [0, 0.1) is 27.7 Å². The highest BCUT2D eigenvalue weighted by Crippen LogP contribution is 2.33. The number of amides is 1. The second kappa shape index (κ2) is 8.75. The van der Waals surface area contributed by atoms with Gasteiger partial charge in [0.2, 0.25) is 11.9 Å². The Labute approximate surface area is 157 Å². The lowest BCUT2D eigenvalue weighted by molar-refractivity contribution is -0.116. The average Bonchev–Trinajstić information content (AvgIpc) is 2.84. The molecule has 8 heteroatoms. The Morgan fingerprint density at radius 2 is 1.81 bits per heavy atom. The van der Waals surface area contributed by atoms with Crippen LogP contribution in [0.25, 0.3) is 0 Å². The average molecular weight is 376 g/mol. The van der Waals surface area contributed by atoms with Gasteiger partial charge in [-0.2, -0.15) is 0 Å². The number of esters is 1. The standard InChI is InChI=1S/C18H24N4O3S/c1-10-9-11(2)21-18(20-10)19-8-6-7-14(23)22-16-15(17(24)25-5)12(3)13(4)26-16/h9H,6-8H2,1-5H3,(H,22,23)(H,19,20,21). The minimum Gasteiger partial charge on any atom is -0.465 e. The van der Waals surface area contributed by atoms with E-state index in [1.165, 1.54) is 18.4 Å². The normalized spacial score (nSPS) is 10.5. The van der Waals surface area contributed by atoms with Crippen molar-refractivity contribution in [1.29, 1.82) is 0 Å². The minimum atomic E-state index is -0.434. The molecule has 0 aliphatic carbocycles. The van der Waals surface area contributed by atoms with E-state index in [2.05, 4.69) is 20.6 Å². The van der Waals surface area contributed by atoms with E-state index in [9.17, 15) is 9.59 Å². The first-order valence-electron chi connectivity index (χ1n) is 8.36. The molecule has 0 spiro atoms. The number of carbonyl (C=O) groups excluding carboxylic acids is 2. The summed E-state index contributed by atoms with van der Waals surface area (Å²) in [4.78, 5) is 33.7. The lowest BCUT2D eigenvalue weighted by Crippen LogP contribution is -2.15. The molecule has 1 amide bonds. The molecule has 0 saturated carbocycles. The molecule has 0 aromatic carbocycles. The van der Waals surface area contributed by atoms with Crippen LogP contribution < -0.4 is 10.6 Å². The van der Waals surface area contributed by atoms with Crippen LogP contribution in [-0.2, 0) is 9.53 Å². The molecule has 0 bridgehead atoms. The van der Waals surface area contributed by atoms with Gasteiger partial charge in [-0.3, -0.25) is 4.79 Å². The summed E-state index contributed by atoms with van der Waals surface area (Å²) in [5, 5.41) is 6.49. The summed E-state index contributed by atoms with van der Waals surface area (Å²) in [5.74, 6) is -0.00396. The predicted molar refractivity (Wildman–Crippen MR) is 103 cm³/mol. The first-order valence-corrected chi connectivity index (χ1v) is 9.17. The number of nitrogens with one attached hydrogen (secondary N) is 2. The molecule has 0 aliphatic rings. The first-order chi connectivity index (χ1) is 12.3. The monoisotopic (exact) mass is 376 g/mol. The minimum absolute atomic E-state index is 0.139. The molecule has 7 nitrogen and oxygen atoms in total. The Bertz CT molecular complexity index is 797. The van der Waals surface area contributed by atoms with E-state index in [1.807, 2.05) is 33.8 Å². The summed E-state index contributed by atoms with van der Waals surface area (Å²) in [5.41, 5.74) is 3.07. The maximum absolute atomic E-state index is 12.2. The smallest absolute Gasteiger partial charge is 0.341 e. The van der Waals surface area contributed by atoms with Gasteiger partial charge in [0.15, 0.2) is 0 Å². The third-order valence-electron chi connectivity index (χ3n) is 3.87. The summed E-state index contributed by atoms with van der Waals surface area (Å²) < 4.78 is 4.81. The van der Waals surface area contributed by atoms with Crippen LogP contribution in [0.5, 0.6) is 0 Å². The highest BCUT2D eigenvalue weighted by molar-refractivity contribution is 7.16. The third kappa shape index (κ3) is 5.01. The van der Waals surface area contributed by atoms with Crippen molar-refractivity contribution in [2.24, 2.45) is 0 Å². The molecule has 0 radical (unpaired) electrons. The van der Waals surface area contributed by atoms with Gasteiger partial charge in [0, 0.05) is 29.2 Å². The fourth-order valence-corrected chi connectivity index (χ4v) is 3.57. The number of thiophene rings is 1. The van der Waals surface area contributed by atoms with Gasteiger partial charge in [0.05, 0.1) is 12.7 Å². The lowest BCUT2D eigenvalue weighted by atomic mass is 10.1. The van der Waals surface area contributed by atoms with E-state index in [1.54, 1.807) is 0 Å². The molecule has 0 fully saturated rings. The van der Waals surface area contributed by atoms with Gasteiger partial charge in [-0.05, 0) is 45.7 Å². The molecule has 0 aliphatic heterocycles. The number of aromatic nitrogens is 2. The number of hydrogen-bond donors (Lipinski definition) is 2. The van der Waals surface area contributed by atoms with Crippen molar-refractivity contribution in [3.05, 3.63) is 33.5 Å². The molecule has 140 valence electrons. The maximum atomic E-state index is 12.2. The molecule has 2 N–H and O–H groups in total. The van der Waals surface area contributed by atoms with E-state index >= 15 is 0 Å². The Kier molecular flexibility index (Phi) is 6.68. The van der Waals surface area contributed by atoms with Crippen molar-refractivity contribution in [3.8, 4) is 0 Å². The van der Waals surface area contributed by atoms with Crippen LogP contribution in [0.4, 0.5) is 10.9 Å². The Morgan fingerprint density at radius 3 is 2.42 bits per heavy atom. The third-order valence-corrected chi connectivity index (χ3v) is 5.00. The largest absolute Gasteiger partial charge is 0.465 e. The predicted octanol–water partition coefficient (Wildman–Crippen LogP) is 3.39. The number of aryl methyl sites for hydroxylation is 3. The summed E-state index contributed by atoms with van der Waals surface area (Å²) in [6.07, 6.45) is 0.952. The zero-order valence-electron chi connectivity index (χ0n) is 15.7. The second-order valence-electron chi connectivity index (χ2n) is 6.03. The van der Waals surface area contributed by atoms with Crippen LogP contribution in [0.1, 0.15) is 45.0 Å². The SMILES string of the molecule is COC(=O)c1c(NC(=O)CCCNc2nc(C)cc(C)n2)sc(C)c1C.